The summed E-state index contributed by atoms with van der Waals surface area (Å²) in [7, 11) is 0. The Morgan fingerprint density at radius 2 is 1.62 bits per heavy atom. The van der Waals surface area contributed by atoms with Gasteiger partial charge in [0, 0.05) is 6.04 Å². The molecule has 0 bridgehead atoms. The second-order valence-electron chi connectivity index (χ2n) is 3.01. The van der Waals surface area contributed by atoms with Gasteiger partial charge >= 0.3 is 0 Å². The Hall–Kier alpha value is -0.210. The lowest BCUT2D eigenvalue weighted by Gasteiger charge is -2.16. The summed E-state index contributed by atoms with van der Waals surface area (Å²) in [5.41, 5.74) is 1.15. The van der Waals surface area contributed by atoms with Crippen LogP contribution >= 0.6 is 6.04 Å². The first-order chi connectivity index (χ1) is 6.12. The molecule has 0 radical (unpaired) electrons. The van der Waals surface area contributed by atoms with E-state index in [0.717, 1.165) is 10.9 Å². The molecule has 0 spiro atoms. The molecule has 0 aliphatic heterocycles. The van der Waals surface area contributed by atoms with E-state index in [0.29, 0.717) is 0 Å². The van der Waals surface area contributed by atoms with Gasteiger partial charge in [0.05, 0.1) is 12.7 Å². The standard InChI is InChI=1S/C9H13O2PS/c1-8-2-4-9(5-3-8)12(13,6-10)7-11/h2-5,10-11H,6-7H2,1H3. The highest BCUT2D eigenvalue weighted by molar-refractivity contribution is 8.18. The topological polar surface area (TPSA) is 40.5 Å². The average Bonchev–Trinajstić information content (AvgIpc) is 2.18. The Balaban J connectivity index is 3.07. The van der Waals surface area contributed by atoms with Crippen molar-refractivity contribution in [3.8, 4) is 0 Å². The van der Waals surface area contributed by atoms with Crippen LogP contribution in [0, 0.1) is 6.92 Å². The predicted molar refractivity (Wildman–Crippen MR) is 59.3 cm³/mol. The SMILES string of the molecule is Cc1ccc(P(=S)(CO)CO)cc1. The molecule has 0 atom stereocenters. The number of hydrogen-bond donors (Lipinski definition) is 2. The van der Waals surface area contributed by atoms with E-state index in [1.54, 1.807) is 0 Å². The smallest absolute Gasteiger partial charge is 0.0776 e. The van der Waals surface area contributed by atoms with Crippen molar-refractivity contribution >= 4 is 23.1 Å². The molecule has 2 nitrogen and oxygen atoms in total. The number of hydrogen-bond acceptors (Lipinski definition) is 3. The summed E-state index contributed by atoms with van der Waals surface area (Å²) in [4.78, 5) is 0. The second kappa shape index (κ2) is 4.34. The molecule has 0 saturated heterocycles. The van der Waals surface area contributed by atoms with Crippen molar-refractivity contribution < 1.29 is 10.2 Å². The first-order valence-electron chi connectivity index (χ1n) is 3.99. The maximum absolute atomic E-state index is 9.09. The van der Waals surface area contributed by atoms with Crippen LogP contribution in [0.25, 0.3) is 0 Å². The van der Waals surface area contributed by atoms with Gasteiger partial charge in [0.1, 0.15) is 0 Å². The summed E-state index contributed by atoms with van der Waals surface area (Å²) in [6.45, 7) is 1.99. The molecule has 0 amide bonds. The number of aryl methyl sites for hydroxylation is 1. The fraction of sp³-hybridized carbons (Fsp3) is 0.333. The molecule has 1 aromatic carbocycles. The number of benzene rings is 1. The molecule has 1 rings (SSSR count). The minimum absolute atomic E-state index is 0.109. The van der Waals surface area contributed by atoms with Gasteiger partial charge in [-0.3, -0.25) is 0 Å². The molecule has 0 unspecified atom stereocenters. The van der Waals surface area contributed by atoms with Crippen molar-refractivity contribution in [2.24, 2.45) is 0 Å². The van der Waals surface area contributed by atoms with E-state index < -0.39 is 6.04 Å². The predicted octanol–water partition coefficient (Wildman–Crippen LogP) is 0.999. The summed E-state index contributed by atoms with van der Waals surface area (Å²) in [6, 6.07) is 5.57. The van der Waals surface area contributed by atoms with Crippen molar-refractivity contribution in [2.75, 3.05) is 12.7 Å². The molecule has 13 heavy (non-hydrogen) atoms. The summed E-state index contributed by atoms with van der Waals surface area (Å²) in [5.74, 6) is 0. The van der Waals surface area contributed by atoms with Gasteiger partial charge in [-0.1, -0.05) is 41.6 Å². The van der Waals surface area contributed by atoms with E-state index in [9.17, 15) is 0 Å². The van der Waals surface area contributed by atoms with Crippen LogP contribution in [-0.4, -0.2) is 22.9 Å². The quantitative estimate of drug-likeness (QED) is 0.740. The largest absolute Gasteiger partial charge is 0.391 e. The molecule has 0 saturated carbocycles. The van der Waals surface area contributed by atoms with Gasteiger partial charge in [-0.15, -0.1) is 0 Å². The van der Waals surface area contributed by atoms with E-state index in [-0.39, 0.29) is 12.7 Å². The van der Waals surface area contributed by atoms with Crippen molar-refractivity contribution in [1.29, 1.82) is 0 Å². The van der Waals surface area contributed by atoms with E-state index in [1.807, 2.05) is 31.2 Å². The minimum Gasteiger partial charge on any atom is -0.391 e. The van der Waals surface area contributed by atoms with Crippen molar-refractivity contribution in [1.82, 2.24) is 0 Å². The summed E-state index contributed by atoms with van der Waals surface area (Å²) in [5, 5.41) is 19.1. The zero-order valence-electron chi connectivity index (χ0n) is 7.47. The van der Waals surface area contributed by atoms with Crippen LogP contribution in [0.1, 0.15) is 5.56 Å². The normalized spacial score (nSPS) is 11.6. The van der Waals surface area contributed by atoms with Crippen molar-refractivity contribution in [3.05, 3.63) is 29.8 Å². The summed E-state index contributed by atoms with van der Waals surface area (Å²) >= 11 is 5.23. The fourth-order valence-corrected chi connectivity index (χ4v) is 2.50. The van der Waals surface area contributed by atoms with Crippen LogP contribution in [0.15, 0.2) is 24.3 Å². The lowest BCUT2D eigenvalue weighted by Crippen LogP contribution is -2.10. The van der Waals surface area contributed by atoms with Crippen LogP contribution in [0.2, 0.25) is 0 Å². The maximum Gasteiger partial charge on any atom is 0.0776 e. The second-order valence-corrected chi connectivity index (χ2v) is 7.97. The Labute approximate surface area is 83.2 Å². The first kappa shape index (κ1) is 10.9. The third-order valence-electron chi connectivity index (χ3n) is 1.96. The number of rotatable bonds is 3. The molecule has 0 aliphatic rings. The van der Waals surface area contributed by atoms with Crippen LogP contribution in [0.5, 0.6) is 0 Å². The zero-order valence-corrected chi connectivity index (χ0v) is 9.18. The Bertz CT molecular complexity index is 313. The van der Waals surface area contributed by atoms with Crippen LogP contribution in [-0.2, 0) is 11.8 Å². The third-order valence-corrected chi connectivity index (χ3v) is 5.44. The van der Waals surface area contributed by atoms with Crippen molar-refractivity contribution in [2.45, 2.75) is 6.92 Å². The first-order valence-corrected chi connectivity index (χ1v) is 7.17. The Morgan fingerprint density at radius 1 is 1.15 bits per heavy atom. The van der Waals surface area contributed by atoms with Crippen molar-refractivity contribution in [3.63, 3.8) is 0 Å². The van der Waals surface area contributed by atoms with E-state index in [2.05, 4.69) is 0 Å². The van der Waals surface area contributed by atoms with E-state index >= 15 is 0 Å². The highest BCUT2D eigenvalue weighted by atomic mass is 32.4. The molecule has 0 fully saturated rings. The van der Waals surface area contributed by atoms with Crippen LogP contribution in [0.4, 0.5) is 0 Å². The molecule has 4 heteroatoms. The monoisotopic (exact) mass is 216 g/mol. The molecule has 0 aromatic heterocycles. The van der Waals surface area contributed by atoms with E-state index in [4.69, 9.17) is 22.0 Å². The molecule has 2 N–H and O–H groups in total. The van der Waals surface area contributed by atoms with Gasteiger partial charge in [-0.05, 0) is 12.2 Å². The Kier molecular flexibility index (Phi) is 3.63. The number of aliphatic hydroxyl groups excluding tert-OH is 2. The molecular formula is C9H13O2PS. The van der Waals surface area contributed by atoms with Gasteiger partial charge < -0.3 is 10.2 Å². The van der Waals surface area contributed by atoms with Gasteiger partial charge in [-0.2, -0.15) is 0 Å². The highest BCUT2D eigenvalue weighted by Crippen LogP contribution is 2.41. The molecule has 72 valence electrons. The summed E-state index contributed by atoms with van der Waals surface area (Å²) in [6.07, 6.45) is -0.218. The fourth-order valence-electron chi connectivity index (χ4n) is 1.02. The van der Waals surface area contributed by atoms with Crippen LogP contribution in [0.3, 0.4) is 0 Å². The van der Waals surface area contributed by atoms with Crippen LogP contribution < -0.4 is 5.30 Å². The molecular weight excluding hydrogens is 203 g/mol. The highest BCUT2D eigenvalue weighted by Gasteiger charge is 2.16. The zero-order chi connectivity index (χ0) is 9.90. The lowest BCUT2D eigenvalue weighted by molar-refractivity contribution is 0.345. The van der Waals surface area contributed by atoms with Gasteiger partial charge in [-0.25, -0.2) is 0 Å². The molecule has 0 aliphatic carbocycles. The maximum atomic E-state index is 9.09. The summed E-state index contributed by atoms with van der Waals surface area (Å²) < 4.78 is 0. The average molecular weight is 216 g/mol. The molecule has 0 heterocycles. The number of aliphatic hydroxyl groups is 2. The minimum atomic E-state index is -2.11. The lowest BCUT2D eigenvalue weighted by atomic mass is 10.2. The Morgan fingerprint density at radius 3 is 2.00 bits per heavy atom. The van der Waals surface area contributed by atoms with Gasteiger partial charge in [0.25, 0.3) is 0 Å². The van der Waals surface area contributed by atoms with E-state index in [1.165, 1.54) is 0 Å². The molecule has 1 aromatic rings. The van der Waals surface area contributed by atoms with Gasteiger partial charge in [0.2, 0.25) is 0 Å². The third kappa shape index (κ3) is 2.38. The van der Waals surface area contributed by atoms with Gasteiger partial charge in [0.15, 0.2) is 0 Å².